The largest absolute Gasteiger partial charge is 0.444 e. The highest BCUT2D eigenvalue weighted by Crippen LogP contribution is 2.20. The maximum atomic E-state index is 12.2. The molecule has 1 amide bonds. The summed E-state index contributed by atoms with van der Waals surface area (Å²) in [4.78, 5) is 14.0. The smallest absolute Gasteiger partial charge is 0.410 e. The van der Waals surface area contributed by atoms with Gasteiger partial charge in [-0.25, -0.2) is 4.79 Å². The van der Waals surface area contributed by atoms with Crippen LogP contribution in [-0.4, -0.2) is 35.7 Å². The van der Waals surface area contributed by atoms with E-state index >= 15 is 0 Å². The molecule has 1 heterocycles. The molecule has 1 aromatic carbocycles. The fourth-order valence-corrected chi connectivity index (χ4v) is 3.32. The first-order valence-electron chi connectivity index (χ1n) is 8.21. The van der Waals surface area contributed by atoms with E-state index < -0.39 is 5.60 Å². The Labute approximate surface area is 147 Å². The van der Waals surface area contributed by atoms with Crippen molar-refractivity contribution in [1.82, 2.24) is 10.2 Å². The van der Waals surface area contributed by atoms with Gasteiger partial charge in [-0.2, -0.15) is 0 Å². The Bertz CT molecular complexity index is 554. The van der Waals surface area contributed by atoms with Gasteiger partial charge in [-0.3, -0.25) is 0 Å². The highest BCUT2D eigenvalue weighted by molar-refractivity contribution is 9.10. The average molecular weight is 383 g/mol. The van der Waals surface area contributed by atoms with Gasteiger partial charge in [-0.15, -0.1) is 0 Å². The second-order valence-electron chi connectivity index (χ2n) is 7.24. The molecule has 1 fully saturated rings. The van der Waals surface area contributed by atoms with E-state index in [0.717, 1.165) is 30.4 Å². The van der Waals surface area contributed by atoms with Crippen molar-refractivity contribution in [2.45, 2.75) is 58.7 Å². The van der Waals surface area contributed by atoms with Gasteiger partial charge in [-0.1, -0.05) is 28.1 Å². The summed E-state index contributed by atoms with van der Waals surface area (Å²) in [6.07, 6.45) is 1.88. The molecule has 0 bridgehead atoms. The average Bonchev–Trinajstić information content (AvgIpc) is 2.45. The Balaban J connectivity index is 1.87. The molecule has 0 radical (unpaired) electrons. The van der Waals surface area contributed by atoms with E-state index in [2.05, 4.69) is 46.4 Å². The van der Waals surface area contributed by atoms with E-state index in [1.54, 1.807) is 0 Å². The molecular formula is C18H27BrN2O2. The van der Waals surface area contributed by atoms with Gasteiger partial charge in [0.2, 0.25) is 0 Å². The third kappa shape index (κ3) is 5.81. The molecule has 0 aliphatic carbocycles. The highest BCUT2D eigenvalue weighted by atomic mass is 79.9. The van der Waals surface area contributed by atoms with Gasteiger partial charge < -0.3 is 15.0 Å². The lowest BCUT2D eigenvalue weighted by molar-refractivity contribution is 0.0187. The van der Waals surface area contributed by atoms with E-state index in [-0.39, 0.29) is 6.09 Å². The minimum atomic E-state index is -0.440. The Morgan fingerprint density at radius 2 is 2.17 bits per heavy atom. The van der Waals surface area contributed by atoms with E-state index in [4.69, 9.17) is 4.74 Å². The van der Waals surface area contributed by atoms with Crippen LogP contribution in [-0.2, 0) is 11.3 Å². The lowest BCUT2D eigenvalue weighted by atomic mass is 10.1. The zero-order valence-electron chi connectivity index (χ0n) is 14.5. The SMILES string of the molecule is Cc1ccc(CNC2CCCN(C(=O)OC(C)(C)C)C2)c(Br)c1. The topological polar surface area (TPSA) is 41.6 Å². The predicted octanol–water partition coefficient (Wildman–Crippen LogP) is 4.25. The van der Waals surface area contributed by atoms with Crippen molar-refractivity contribution >= 4 is 22.0 Å². The number of hydrogen-bond acceptors (Lipinski definition) is 3. The van der Waals surface area contributed by atoms with Gasteiger partial charge in [0.25, 0.3) is 0 Å². The molecule has 1 N–H and O–H groups in total. The minimum Gasteiger partial charge on any atom is -0.444 e. The second-order valence-corrected chi connectivity index (χ2v) is 8.10. The first kappa shape index (κ1) is 18.3. The minimum absolute atomic E-state index is 0.208. The Hall–Kier alpha value is -1.07. The Kier molecular flexibility index (Phi) is 6.09. The molecule has 2 rings (SSSR count). The third-order valence-corrected chi connectivity index (χ3v) is 4.60. The molecule has 23 heavy (non-hydrogen) atoms. The molecule has 1 aliphatic rings. The summed E-state index contributed by atoms with van der Waals surface area (Å²) in [5, 5.41) is 3.57. The molecule has 0 saturated carbocycles. The van der Waals surface area contributed by atoms with Crippen LogP contribution in [0.4, 0.5) is 4.79 Å². The van der Waals surface area contributed by atoms with Crippen LogP contribution in [0.1, 0.15) is 44.7 Å². The quantitative estimate of drug-likeness (QED) is 0.849. The van der Waals surface area contributed by atoms with Crippen molar-refractivity contribution in [3.63, 3.8) is 0 Å². The molecule has 128 valence electrons. The number of amides is 1. The fourth-order valence-electron chi connectivity index (χ4n) is 2.69. The van der Waals surface area contributed by atoms with Crippen LogP contribution >= 0.6 is 15.9 Å². The zero-order chi connectivity index (χ0) is 17.0. The molecular weight excluding hydrogens is 356 g/mol. The molecule has 5 heteroatoms. The van der Waals surface area contributed by atoms with Crippen LogP contribution in [0.3, 0.4) is 0 Å². The van der Waals surface area contributed by atoms with Gasteiger partial charge in [-0.05, 0) is 57.7 Å². The van der Waals surface area contributed by atoms with Crippen LogP contribution in [0.25, 0.3) is 0 Å². The Morgan fingerprint density at radius 3 is 2.83 bits per heavy atom. The van der Waals surface area contributed by atoms with Gasteiger partial charge in [0.15, 0.2) is 0 Å². The lowest BCUT2D eigenvalue weighted by Gasteiger charge is -2.34. The van der Waals surface area contributed by atoms with Gasteiger partial charge in [0, 0.05) is 30.1 Å². The van der Waals surface area contributed by atoms with E-state index in [1.807, 2.05) is 25.7 Å². The van der Waals surface area contributed by atoms with E-state index in [1.165, 1.54) is 11.1 Å². The number of carbonyl (C=O) groups is 1. The van der Waals surface area contributed by atoms with E-state index in [0.29, 0.717) is 12.6 Å². The number of nitrogens with one attached hydrogen (secondary N) is 1. The predicted molar refractivity (Wildman–Crippen MR) is 96.5 cm³/mol. The maximum Gasteiger partial charge on any atom is 0.410 e. The summed E-state index contributed by atoms with van der Waals surface area (Å²) in [5.74, 6) is 0. The van der Waals surface area contributed by atoms with Crippen molar-refractivity contribution in [2.24, 2.45) is 0 Å². The summed E-state index contributed by atoms with van der Waals surface area (Å²) < 4.78 is 6.60. The van der Waals surface area contributed by atoms with Crippen LogP contribution in [0, 0.1) is 6.92 Å². The molecule has 4 nitrogen and oxygen atoms in total. The summed E-state index contributed by atoms with van der Waals surface area (Å²) >= 11 is 3.62. The number of likely N-dealkylation sites (tertiary alicyclic amines) is 1. The number of nitrogens with zero attached hydrogens (tertiary/aromatic N) is 1. The molecule has 1 aromatic rings. The van der Waals surface area contributed by atoms with Crippen molar-refractivity contribution in [3.05, 3.63) is 33.8 Å². The molecule has 1 aliphatic heterocycles. The van der Waals surface area contributed by atoms with Crippen molar-refractivity contribution in [1.29, 1.82) is 0 Å². The highest BCUT2D eigenvalue weighted by Gasteiger charge is 2.27. The number of hydrogen-bond donors (Lipinski definition) is 1. The second kappa shape index (κ2) is 7.67. The van der Waals surface area contributed by atoms with Crippen LogP contribution in [0.2, 0.25) is 0 Å². The number of carbonyl (C=O) groups excluding carboxylic acids is 1. The monoisotopic (exact) mass is 382 g/mol. The molecule has 0 aromatic heterocycles. The van der Waals surface area contributed by atoms with Crippen LogP contribution in [0.15, 0.2) is 22.7 Å². The standard InChI is InChI=1S/C18H27BrN2O2/c1-13-7-8-14(16(19)10-13)11-20-15-6-5-9-21(12-15)17(22)23-18(2,3)4/h7-8,10,15,20H,5-6,9,11-12H2,1-4H3. The number of piperidine rings is 1. The van der Waals surface area contributed by atoms with Gasteiger partial charge in [0.1, 0.15) is 5.60 Å². The number of halogens is 1. The van der Waals surface area contributed by atoms with Crippen LogP contribution < -0.4 is 5.32 Å². The number of benzene rings is 1. The summed E-state index contributed by atoms with van der Waals surface area (Å²) in [5.41, 5.74) is 2.05. The third-order valence-electron chi connectivity index (χ3n) is 3.86. The lowest BCUT2D eigenvalue weighted by Crippen LogP contribution is -2.49. The number of aryl methyl sites for hydroxylation is 1. The van der Waals surface area contributed by atoms with Crippen LogP contribution in [0.5, 0.6) is 0 Å². The normalized spacial score (nSPS) is 18.8. The molecule has 1 unspecified atom stereocenters. The fraction of sp³-hybridized carbons (Fsp3) is 0.611. The summed E-state index contributed by atoms with van der Waals surface area (Å²) in [6.45, 7) is 10.1. The first-order valence-corrected chi connectivity index (χ1v) is 9.00. The number of ether oxygens (including phenoxy) is 1. The van der Waals surface area contributed by atoms with Crippen molar-refractivity contribution in [2.75, 3.05) is 13.1 Å². The molecule has 0 spiro atoms. The van der Waals surface area contributed by atoms with Crippen molar-refractivity contribution < 1.29 is 9.53 Å². The molecule has 1 atom stereocenters. The summed E-state index contributed by atoms with van der Waals surface area (Å²) in [6, 6.07) is 6.70. The maximum absolute atomic E-state index is 12.2. The van der Waals surface area contributed by atoms with Crippen molar-refractivity contribution in [3.8, 4) is 0 Å². The van der Waals surface area contributed by atoms with Gasteiger partial charge >= 0.3 is 6.09 Å². The number of rotatable bonds is 3. The summed E-state index contributed by atoms with van der Waals surface area (Å²) in [7, 11) is 0. The zero-order valence-corrected chi connectivity index (χ0v) is 16.1. The van der Waals surface area contributed by atoms with Gasteiger partial charge in [0.05, 0.1) is 0 Å². The van der Waals surface area contributed by atoms with E-state index in [9.17, 15) is 4.79 Å². The first-order chi connectivity index (χ1) is 10.7. The molecule has 1 saturated heterocycles. The Morgan fingerprint density at radius 1 is 1.43 bits per heavy atom.